The van der Waals surface area contributed by atoms with Crippen LogP contribution in [0.5, 0.6) is 0 Å². The summed E-state index contributed by atoms with van der Waals surface area (Å²) in [5, 5.41) is 14.9. The molecule has 0 aliphatic carbocycles. The summed E-state index contributed by atoms with van der Waals surface area (Å²) in [6, 6.07) is 2.12. The lowest BCUT2D eigenvalue weighted by molar-refractivity contribution is 0.122. The van der Waals surface area contributed by atoms with Crippen LogP contribution in [-0.2, 0) is 6.54 Å². The molecule has 0 radical (unpaired) electrons. The zero-order chi connectivity index (χ0) is 12.0. The number of rotatable bonds is 7. The SMILES string of the molecule is CCNCC(O)CN(C)Cc1cc(Br)cs1. The predicted octanol–water partition coefficient (Wildman–Crippen LogP) is 1.91. The first-order valence-electron chi connectivity index (χ1n) is 5.42. The Morgan fingerprint density at radius 3 is 2.94 bits per heavy atom. The number of aliphatic hydroxyl groups is 1. The topological polar surface area (TPSA) is 35.5 Å². The highest BCUT2D eigenvalue weighted by Gasteiger charge is 2.08. The van der Waals surface area contributed by atoms with Gasteiger partial charge in [-0.1, -0.05) is 6.92 Å². The Hall–Kier alpha value is 0.0600. The zero-order valence-corrected chi connectivity index (χ0v) is 12.1. The van der Waals surface area contributed by atoms with Crippen molar-refractivity contribution < 1.29 is 5.11 Å². The highest BCUT2D eigenvalue weighted by atomic mass is 79.9. The fraction of sp³-hybridized carbons (Fsp3) is 0.636. The van der Waals surface area contributed by atoms with Crippen molar-refractivity contribution in [1.82, 2.24) is 10.2 Å². The molecule has 1 unspecified atom stereocenters. The average molecular weight is 307 g/mol. The fourth-order valence-corrected chi connectivity index (χ4v) is 3.03. The molecule has 0 fully saturated rings. The largest absolute Gasteiger partial charge is 0.390 e. The van der Waals surface area contributed by atoms with Crippen molar-refractivity contribution >= 4 is 27.3 Å². The number of halogens is 1. The van der Waals surface area contributed by atoms with Crippen LogP contribution in [0.4, 0.5) is 0 Å². The minimum atomic E-state index is -0.298. The second kappa shape index (κ2) is 7.40. The number of nitrogens with one attached hydrogen (secondary N) is 1. The van der Waals surface area contributed by atoms with E-state index in [9.17, 15) is 5.11 Å². The summed E-state index contributed by atoms with van der Waals surface area (Å²) in [4.78, 5) is 3.45. The molecule has 1 aromatic heterocycles. The third-order valence-electron chi connectivity index (χ3n) is 2.20. The van der Waals surface area contributed by atoms with Crippen molar-refractivity contribution in [3.05, 3.63) is 20.8 Å². The summed E-state index contributed by atoms with van der Waals surface area (Å²) in [6.45, 7) is 5.19. The van der Waals surface area contributed by atoms with E-state index in [-0.39, 0.29) is 6.10 Å². The van der Waals surface area contributed by atoms with Gasteiger partial charge in [0, 0.05) is 34.4 Å². The second-order valence-corrected chi connectivity index (χ2v) is 5.80. The summed E-state index contributed by atoms with van der Waals surface area (Å²) in [6.07, 6.45) is -0.298. The molecule has 16 heavy (non-hydrogen) atoms. The zero-order valence-electron chi connectivity index (χ0n) is 9.74. The van der Waals surface area contributed by atoms with Crippen LogP contribution < -0.4 is 5.32 Å². The third-order valence-corrected chi connectivity index (χ3v) is 3.88. The van der Waals surface area contributed by atoms with Crippen LogP contribution in [0.1, 0.15) is 11.8 Å². The number of aliphatic hydroxyl groups excluding tert-OH is 1. The standard InChI is InChI=1S/C11H19BrN2OS/c1-3-13-5-10(15)6-14(2)7-11-4-9(12)8-16-11/h4,8,10,13,15H,3,5-7H2,1-2H3. The van der Waals surface area contributed by atoms with Gasteiger partial charge in [-0.15, -0.1) is 11.3 Å². The van der Waals surface area contributed by atoms with Gasteiger partial charge in [-0.25, -0.2) is 0 Å². The average Bonchev–Trinajstić information content (AvgIpc) is 2.60. The Morgan fingerprint density at radius 2 is 2.38 bits per heavy atom. The highest BCUT2D eigenvalue weighted by molar-refractivity contribution is 9.10. The fourth-order valence-electron chi connectivity index (χ4n) is 1.50. The number of likely N-dealkylation sites (N-methyl/N-ethyl adjacent to an activating group) is 2. The van der Waals surface area contributed by atoms with Gasteiger partial charge in [-0.3, -0.25) is 4.90 Å². The molecule has 0 spiro atoms. The van der Waals surface area contributed by atoms with Crippen LogP contribution in [0.3, 0.4) is 0 Å². The van der Waals surface area contributed by atoms with Gasteiger partial charge in [0.1, 0.15) is 0 Å². The van der Waals surface area contributed by atoms with E-state index in [1.165, 1.54) is 4.88 Å². The second-order valence-electron chi connectivity index (χ2n) is 3.89. The van der Waals surface area contributed by atoms with Gasteiger partial charge in [0.2, 0.25) is 0 Å². The van der Waals surface area contributed by atoms with Crippen LogP contribution >= 0.6 is 27.3 Å². The lowest BCUT2D eigenvalue weighted by Gasteiger charge is -2.19. The smallest absolute Gasteiger partial charge is 0.0791 e. The Bertz CT molecular complexity index is 306. The molecule has 3 nitrogen and oxygen atoms in total. The normalized spacial score (nSPS) is 13.3. The molecule has 0 saturated carbocycles. The Kier molecular flexibility index (Phi) is 6.53. The van der Waals surface area contributed by atoms with E-state index in [2.05, 4.69) is 37.6 Å². The molecule has 1 atom stereocenters. The minimum absolute atomic E-state index is 0.298. The molecule has 0 amide bonds. The van der Waals surface area contributed by atoms with E-state index in [0.29, 0.717) is 13.1 Å². The molecule has 0 saturated heterocycles. The monoisotopic (exact) mass is 306 g/mol. The number of hydrogen-bond donors (Lipinski definition) is 2. The van der Waals surface area contributed by atoms with Gasteiger partial charge in [-0.05, 0) is 35.6 Å². The molecule has 1 heterocycles. The number of thiophene rings is 1. The van der Waals surface area contributed by atoms with Crippen LogP contribution in [0.25, 0.3) is 0 Å². The van der Waals surface area contributed by atoms with Gasteiger partial charge in [0.15, 0.2) is 0 Å². The van der Waals surface area contributed by atoms with Gasteiger partial charge >= 0.3 is 0 Å². The van der Waals surface area contributed by atoms with Crippen LogP contribution in [-0.4, -0.2) is 42.8 Å². The Labute approximate surface area is 110 Å². The minimum Gasteiger partial charge on any atom is -0.390 e. The molecule has 92 valence electrons. The van der Waals surface area contributed by atoms with E-state index in [1.807, 2.05) is 14.0 Å². The predicted molar refractivity (Wildman–Crippen MR) is 72.9 cm³/mol. The molecule has 1 rings (SSSR count). The van der Waals surface area contributed by atoms with Crippen molar-refractivity contribution in [3.8, 4) is 0 Å². The van der Waals surface area contributed by atoms with Gasteiger partial charge in [0.05, 0.1) is 6.10 Å². The summed E-state index contributed by atoms with van der Waals surface area (Å²) >= 11 is 5.18. The van der Waals surface area contributed by atoms with Crippen molar-refractivity contribution in [2.45, 2.75) is 19.6 Å². The lowest BCUT2D eigenvalue weighted by atomic mass is 10.3. The van der Waals surface area contributed by atoms with E-state index in [1.54, 1.807) is 11.3 Å². The first-order chi connectivity index (χ1) is 7.61. The molecule has 0 bridgehead atoms. The number of nitrogens with zero attached hydrogens (tertiary/aromatic N) is 1. The molecule has 0 aliphatic rings. The quantitative estimate of drug-likeness (QED) is 0.808. The maximum absolute atomic E-state index is 9.72. The maximum Gasteiger partial charge on any atom is 0.0791 e. The highest BCUT2D eigenvalue weighted by Crippen LogP contribution is 2.20. The van der Waals surface area contributed by atoms with Crippen LogP contribution in [0, 0.1) is 0 Å². The van der Waals surface area contributed by atoms with Crippen molar-refractivity contribution in [2.24, 2.45) is 0 Å². The first kappa shape index (κ1) is 14.1. The summed E-state index contributed by atoms with van der Waals surface area (Å²) in [5.41, 5.74) is 0. The van der Waals surface area contributed by atoms with Crippen molar-refractivity contribution in [3.63, 3.8) is 0 Å². The molecule has 0 aliphatic heterocycles. The molecular formula is C11H19BrN2OS. The van der Waals surface area contributed by atoms with Crippen molar-refractivity contribution in [2.75, 3.05) is 26.7 Å². The van der Waals surface area contributed by atoms with E-state index < -0.39 is 0 Å². The first-order valence-corrected chi connectivity index (χ1v) is 7.09. The Balaban J connectivity index is 2.27. The van der Waals surface area contributed by atoms with Crippen LogP contribution in [0.2, 0.25) is 0 Å². The van der Waals surface area contributed by atoms with Gasteiger partial charge < -0.3 is 10.4 Å². The van der Waals surface area contributed by atoms with Crippen molar-refractivity contribution in [1.29, 1.82) is 0 Å². The lowest BCUT2D eigenvalue weighted by Crippen LogP contribution is -2.36. The summed E-state index contributed by atoms with van der Waals surface area (Å²) in [7, 11) is 2.03. The van der Waals surface area contributed by atoms with Gasteiger partial charge in [0.25, 0.3) is 0 Å². The summed E-state index contributed by atoms with van der Waals surface area (Å²) in [5.74, 6) is 0. The molecule has 1 aromatic rings. The summed E-state index contributed by atoms with van der Waals surface area (Å²) < 4.78 is 1.13. The Morgan fingerprint density at radius 1 is 1.62 bits per heavy atom. The third kappa shape index (κ3) is 5.41. The molecule has 0 aromatic carbocycles. The van der Waals surface area contributed by atoms with E-state index in [4.69, 9.17) is 0 Å². The van der Waals surface area contributed by atoms with E-state index >= 15 is 0 Å². The van der Waals surface area contributed by atoms with Gasteiger partial charge in [-0.2, -0.15) is 0 Å². The molecular weight excluding hydrogens is 288 g/mol. The molecule has 5 heteroatoms. The molecule has 2 N–H and O–H groups in total. The maximum atomic E-state index is 9.72. The van der Waals surface area contributed by atoms with E-state index in [0.717, 1.165) is 17.6 Å². The van der Waals surface area contributed by atoms with Crippen LogP contribution in [0.15, 0.2) is 15.9 Å². The number of hydrogen-bond acceptors (Lipinski definition) is 4.